The standard InChI is InChI=1S/C31H28N2O3S2/c1-21(2)23-15-13-22(14-16-23)18-27(33-30(35)24-8-4-3-5-9-24)31(36)32-25-10-6-11-26(19-25)38-20-28(34)29-12-7-17-37-29/h3-19,21H,20H2,1-2H3,(H,32,36)(H,33,35)/b27-18-. The van der Waals surface area contributed by atoms with Crippen molar-refractivity contribution in [3.63, 3.8) is 0 Å². The largest absolute Gasteiger partial charge is 0.321 e. The molecule has 2 N–H and O–H groups in total. The molecule has 0 spiro atoms. The predicted octanol–water partition coefficient (Wildman–Crippen LogP) is 7.26. The predicted molar refractivity (Wildman–Crippen MR) is 157 cm³/mol. The molecule has 0 radical (unpaired) electrons. The number of thiophene rings is 1. The molecule has 0 aliphatic carbocycles. The van der Waals surface area contributed by atoms with E-state index in [2.05, 4.69) is 24.5 Å². The van der Waals surface area contributed by atoms with Crippen molar-refractivity contribution in [2.45, 2.75) is 24.7 Å². The summed E-state index contributed by atoms with van der Waals surface area (Å²) in [6, 6.07) is 27.6. The number of rotatable bonds is 10. The van der Waals surface area contributed by atoms with Crippen LogP contribution < -0.4 is 10.6 Å². The summed E-state index contributed by atoms with van der Waals surface area (Å²) in [5.74, 6) is -0.0555. The number of carbonyl (C=O) groups is 3. The Bertz CT molecular complexity index is 1430. The number of amides is 2. The molecule has 4 aromatic rings. The average Bonchev–Trinajstić information content (AvgIpc) is 3.48. The molecule has 0 aliphatic heterocycles. The molecule has 3 aromatic carbocycles. The number of benzene rings is 3. The summed E-state index contributed by atoms with van der Waals surface area (Å²) in [5, 5.41) is 7.54. The zero-order chi connectivity index (χ0) is 26.9. The molecule has 2 amide bonds. The Morgan fingerprint density at radius 1 is 0.895 bits per heavy atom. The van der Waals surface area contributed by atoms with Gasteiger partial charge in [-0.15, -0.1) is 23.1 Å². The minimum absolute atomic E-state index is 0.0665. The normalized spacial score (nSPS) is 11.3. The molecule has 0 saturated carbocycles. The van der Waals surface area contributed by atoms with Gasteiger partial charge in [0.15, 0.2) is 5.78 Å². The second-order valence-electron chi connectivity index (χ2n) is 8.87. The lowest BCUT2D eigenvalue weighted by atomic mass is 10.0. The summed E-state index contributed by atoms with van der Waals surface area (Å²) in [6.07, 6.45) is 1.67. The Morgan fingerprint density at radius 3 is 2.34 bits per heavy atom. The van der Waals surface area contributed by atoms with Crippen LogP contribution in [0.15, 0.2) is 107 Å². The topological polar surface area (TPSA) is 75.3 Å². The van der Waals surface area contributed by atoms with Crippen molar-refractivity contribution in [3.8, 4) is 0 Å². The van der Waals surface area contributed by atoms with E-state index in [1.54, 1.807) is 36.4 Å². The van der Waals surface area contributed by atoms with Crippen LogP contribution in [-0.4, -0.2) is 23.4 Å². The molecular weight excluding hydrogens is 512 g/mol. The first kappa shape index (κ1) is 27.1. The number of thioether (sulfide) groups is 1. The molecule has 0 saturated heterocycles. The fourth-order valence-electron chi connectivity index (χ4n) is 3.61. The van der Waals surface area contributed by atoms with Crippen molar-refractivity contribution in [2.75, 3.05) is 11.1 Å². The van der Waals surface area contributed by atoms with Gasteiger partial charge >= 0.3 is 0 Å². The zero-order valence-corrected chi connectivity index (χ0v) is 22.8. The highest BCUT2D eigenvalue weighted by Crippen LogP contribution is 2.24. The maximum absolute atomic E-state index is 13.3. The smallest absolute Gasteiger partial charge is 0.272 e. The van der Waals surface area contributed by atoms with Crippen LogP contribution >= 0.6 is 23.1 Å². The molecule has 0 unspecified atom stereocenters. The van der Waals surface area contributed by atoms with Crippen LogP contribution in [0.1, 0.15) is 50.9 Å². The highest BCUT2D eigenvalue weighted by Gasteiger charge is 2.16. The molecule has 5 nitrogen and oxygen atoms in total. The fraction of sp³-hybridized carbons (Fsp3) is 0.129. The lowest BCUT2D eigenvalue weighted by Crippen LogP contribution is -2.30. The highest BCUT2D eigenvalue weighted by molar-refractivity contribution is 8.00. The van der Waals surface area contributed by atoms with E-state index in [0.717, 1.165) is 15.3 Å². The quantitative estimate of drug-likeness (QED) is 0.126. The Hall–Kier alpha value is -3.94. The molecule has 38 heavy (non-hydrogen) atoms. The van der Waals surface area contributed by atoms with Gasteiger partial charge in [0.25, 0.3) is 11.8 Å². The van der Waals surface area contributed by atoms with Crippen LogP contribution in [0.2, 0.25) is 0 Å². The summed E-state index contributed by atoms with van der Waals surface area (Å²) in [6.45, 7) is 4.24. The maximum atomic E-state index is 13.3. The van der Waals surface area contributed by atoms with E-state index >= 15 is 0 Å². The van der Waals surface area contributed by atoms with Gasteiger partial charge in [0.2, 0.25) is 0 Å². The third kappa shape index (κ3) is 7.54. The third-order valence-electron chi connectivity index (χ3n) is 5.70. The van der Waals surface area contributed by atoms with Gasteiger partial charge in [0.05, 0.1) is 10.6 Å². The molecule has 192 valence electrons. The minimum atomic E-state index is -0.445. The van der Waals surface area contributed by atoms with E-state index in [1.165, 1.54) is 28.7 Å². The van der Waals surface area contributed by atoms with Gasteiger partial charge in [-0.05, 0) is 64.9 Å². The monoisotopic (exact) mass is 540 g/mol. The first-order valence-electron chi connectivity index (χ1n) is 12.2. The van der Waals surface area contributed by atoms with Crippen molar-refractivity contribution in [1.82, 2.24) is 5.32 Å². The molecule has 0 aliphatic rings. The molecule has 0 bridgehead atoms. The van der Waals surface area contributed by atoms with Crippen molar-refractivity contribution in [1.29, 1.82) is 0 Å². The average molecular weight is 541 g/mol. The summed E-state index contributed by atoms with van der Waals surface area (Å²) >= 11 is 2.84. The van der Waals surface area contributed by atoms with Crippen LogP contribution in [0, 0.1) is 0 Å². The molecule has 0 atom stereocenters. The van der Waals surface area contributed by atoms with Crippen LogP contribution in [0.5, 0.6) is 0 Å². The molecule has 1 heterocycles. The zero-order valence-electron chi connectivity index (χ0n) is 21.1. The van der Waals surface area contributed by atoms with E-state index in [4.69, 9.17) is 0 Å². The van der Waals surface area contributed by atoms with E-state index in [9.17, 15) is 14.4 Å². The van der Waals surface area contributed by atoms with Gasteiger partial charge in [-0.3, -0.25) is 14.4 Å². The van der Waals surface area contributed by atoms with Crippen molar-refractivity contribution >= 4 is 52.5 Å². The Labute approximate surface area is 231 Å². The number of nitrogens with one attached hydrogen (secondary N) is 2. The SMILES string of the molecule is CC(C)c1ccc(/C=C(\NC(=O)c2ccccc2)C(=O)Nc2cccc(SCC(=O)c3cccs3)c2)cc1. The van der Waals surface area contributed by atoms with Crippen LogP contribution in [-0.2, 0) is 4.79 Å². The van der Waals surface area contributed by atoms with Crippen molar-refractivity contribution < 1.29 is 14.4 Å². The van der Waals surface area contributed by atoms with Gasteiger partial charge in [0, 0.05) is 16.1 Å². The van der Waals surface area contributed by atoms with Gasteiger partial charge in [-0.2, -0.15) is 0 Å². The van der Waals surface area contributed by atoms with Gasteiger partial charge in [0.1, 0.15) is 5.70 Å². The fourth-order valence-corrected chi connectivity index (χ4v) is 5.20. The summed E-state index contributed by atoms with van der Waals surface area (Å²) in [4.78, 5) is 40.2. The molecule has 7 heteroatoms. The number of hydrogen-bond donors (Lipinski definition) is 2. The van der Waals surface area contributed by atoms with E-state index in [0.29, 0.717) is 22.9 Å². The van der Waals surface area contributed by atoms with E-state index in [1.807, 2.05) is 66.0 Å². The first-order chi connectivity index (χ1) is 18.4. The Morgan fingerprint density at radius 2 is 1.66 bits per heavy atom. The summed E-state index contributed by atoms with van der Waals surface area (Å²) in [7, 11) is 0. The van der Waals surface area contributed by atoms with Crippen LogP contribution in [0.4, 0.5) is 5.69 Å². The Balaban J connectivity index is 1.51. The lowest BCUT2D eigenvalue weighted by Gasteiger charge is -2.12. The summed E-state index contributed by atoms with van der Waals surface area (Å²) in [5.41, 5.74) is 3.13. The highest BCUT2D eigenvalue weighted by atomic mass is 32.2. The number of carbonyl (C=O) groups excluding carboxylic acids is 3. The van der Waals surface area contributed by atoms with Gasteiger partial charge in [-0.25, -0.2) is 0 Å². The first-order valence-corrected chi connectivity index (χ1v) is 14.0. The maximum Gasteiger partial charge on any atom is 0.272 e. The van der Waals surface area contributed by atoms with E-state index < -0.39 is 5.91 Å². The van der Waals surface area contributed by atoms with Crippen molar-refractivity contribution in [3.05, 3.63) is 124 Å². The number of hydrogen-bond acceptors (Lipinski definition) is 5. The van der Waals surface area contributed by atoms with Crippen LogP contribution in [0.25, 0.3) is 6.08 Å². The number of anilines is 1. The molecular formula is C31H28N2O3S2. The second-order valence-corrected chi connectivity index (χ2v) is 10.9. The second kappa shape index (κ2) is 13.0. The number of Topliss-reactive ketones (excluding diaryl/α,β-unsaturated/α-hetero) is 1. The summed E-state index contributed by atoms with van der Waals surface area (Å²) < 4.78 is 0. The van der Waals surface area contributed by atoms with Gasteiger partial charge in [-0.1, -0.05) is 68.4 Å². The Kier molecular flexibility index (Phi) is 9.30. The van der Waals surface area contributed by atoms with Crippen molar-refractivity contribution in [2.24, 2.45) is 0 Å². The number of ketones is 1. The van der Waals surface area contributed by atoms with Crippen LogP contribution in [0.3, 0.4) is 0 Å². The minimum Gasteiger partial charge on any atom is -0.321 e. The lowest BCUT2D eigenvalue weighted by molar-refractivity contribution is -0.113. The molecule has 0 fully saturated rings. The molecule has 1 aromatic heterocycles. The van der Waals surface area contributed by atoms with Gasteiger partial charge < -0.3 is 10.6 Å². The third-order valence-corrected chi connectivity index (χ3v) is 7.61. The van der Waals surface area contributed by atoms with E-state index in [-0.39, 0.29) is 17.4 Å². The molecule has 4 rings (SSSR count).